The van der Waals surface area contributed by atoms with Crippen molar-refractivity contribution in [2.24, 2.45) is 0 Å². The molecule has 2 aromatic heterocycles. The van der Waals surface area contributed by atoms with Gasteiger partial charge in [-0.3, -0.25) is 0 Å². The Morgan fingerprint density at radius 3 is 1.38 bits per heavy atom. The second-order valence-corrected chi connectivity index (χ2v) is 8.35. The average Bonchev–Trinajstić information content (AvgIpc) is 3.23. The van der Waals surface area contributed by atoms with Gasteiger partial charge in [0.2, 0.25) is 0 Å². The number of hydrogen-bond acceptors (Lipinski definition) is 2. The maximum absolute atomic E-state index is 4.82. The molecule has 6 rings (SSSR count). The molecule has 4 aromatic carbocycles. The summed E-state index contributed by atoms with van der Waals surface area (Å²) in [6, 6.07) is 41.8. The summed E-state index contributed by atoms with van der Waals surface area (Å²) in [5.41, 5.74) is 8.46. The summed E-state index contributed by atoms with van der Waals surface area (Å²) in [7, 11) is 0. The van der Waals surface area contributed by atoms with Crippen LogP contribution in [0.4, 0.5) is 0 Å². The topological polar surface area (TPSA) is 30.7 Å². The van der Waals surface area contributed by atoms with Crippen molar-refractivity contribution in [3.63, 3.8) is 0 Å². The third-order valence-electron chi connectivity index (χ3n) is 6.29. The van der Waals surface area contributed by atoms with Crippen LogP contribution in [0.3, 0.4) is 0 Å². The Kier molecular flexibility index (Phi) is 5.00. The first-order valence-electron chi connectivity index (χ1n) is 11.5. The fraction of sp³-hybridized carbons (Fsp3) is 0.0323. The molecule has 0 bridgehead atoms. The van der Waals surface area contributed by atoms with Crippen molar-refractivity contribution < 1.29 is 0 Å². The van der Waals surface area contributed by atoms with Crippen LogP contribution in [0.1, 0.15) is 5.69 Å². The Labute approximate surface area is 199 Å². The van der Waals surface area contributed by atoms with E-state index < -0.39 is 0 Å². The first-order chi connectivity index (χ1) is 16.8. The molecule has 2 heterocycles. The van der Waals surface area contributed by atoms with E-state index in [4.69, 9.17) is 10.2 Å². The molecule has 34 heavy (non-hydrogen) atoms. The highest BCUT2D eigenvalue weighted by Gasteiger charge is 2.25. The van der Waals surface area contributed by atoms with E-state index in [1.54, 1.807) is 0 Å². The Morgan fingerprint density at radius 2 is 0.882 bits per heavy atom. The van der Waals surface area contributed by atoms with E-state index in [1.807, 2.05) is 12.1 Å². The van der Waals surface area contributed by atoms with E-state index in [0.717, 1.165) is 55.9 Å². The monoisotopic (exact) mass is 437 g/mol. The number of rotatable bonds is 4. The van der Waals surface area contributed by atoms with Gasteiger partial charge in [-0.1, -0.05) is 109 Å². The molecule has 0 aliphatic carbocycles. The summed E-state index contributed by atoms with van der Waals surface area (Å²) in [5, 5.41) is 11.9. The lowest BCUT2D eigenvalue weighted by atomic mass is 9.99. The van der Waals surface area contributed by atoms with Crippen molar-refractivity contribution in [1.82, 2.24) is 14.8 Å². The number of fused-ring (bicyclic) bond motifs is 1. The minimum absolute atomic E-state index is 0.895. The number of aryl methyl sites for hydroxylation is 1. The first-order valence-corrected chi connectivity index (χ1v) is 11.5. The summed E-state index contributed by atoms with van der Waals surface area (Å²) in [4.78, 5) is 0. The zero-order valence-corrected chi connectivity index (χ0v) is 18.9. The highest BCUT2D eigenvalue weighted by Crippen LogP contribution is 2.43. The van der Waals surface area contributed by atoms with E-state index >= 15 is 0 Å². The first kappa shape index (κ1) is 20.1. The summed E-state index contributed by atoms with van der Waals surface area (Å²) in [5.74, 6) is 0. The quantitative estimate of drug-likeness (QED) is 0.282. The van der Waals surface area contributed by atoms with Crippen LogP contribution < -0.4 is 0 Å². The van der Waals surface area contributed by atoms with Gasteiger partial charge in [0, 0.05) is 33.3 Å². The normalized spacial score (nSPS) is 11.1. The highest BCUT2D eigenvalue weighted by molar-refractivity contribution is 6.11. The van der Waals surface area contributed by atoms with Gasteiger partial charge in [-0.05, 0) is 24.6 Å². The Morgan fingerprint density at radius 1 is 0.471 bits per heavy atom. The van der Waals surface area contributed by atoms with Crippen LogP contribution >= 0.6 is 0 Å². The molecule has 0 amide bonds. The van der Waals surface area contributed by atoms with Gasteiger partial charge < -0.3 is 4.57 Å². The molecule has 3 nitrogen and oxygen atoms in total. The molecule has 0 unspecified atom stereocenters. The fourth-order valence-corrected chi connectivity index (χ4v) is 4.78. The lowest BCUT2D eigenvalue weighted by Gasteiger charge is -2.13. The second-order valence-electron chi connectivity index (χ2n) is 8.35. The predicted molar refractivity (Wildman–Crippen MR) is 140 cm³/mol. The zero-order chi connectivity index (χ0) is 22.9. The van der Waals surface area contributed by atoms with E-state index in [1.165, 1.54) is 0 Å². The predicted octanol–water partition coefficient (Wildman–Crippen LogP) is 7.73. The van der Waals surface area contributed by atoms with Crippen LogP contribution in [0.2, 0.25) is 0 Å². The Hall–Kier alpha value is -4.50. The molecule has 6 aromatic rings. The van der Waals surface area contributed by atoms with Crippen molar-refractivity contribution in [2.75, 3.05) is 0 Å². The molecule has 0 N–H and O–H groups in total. The number of nitrogens with zero attached hydrogens (tertiary/aromatic N) is 3. The van der Waals surface area contributed by atoms with Crippen LogP contribution in [0.5, 0.6) is 0 Å². The largest absolute Gasteiger partial charge is 0.312 e. The SMILES string of the molecule is Cc1c2c(-c3ccccc3)nnc(-c3ccccc3)c2c(-c2ccccc2)n1-c1ccccc1. The van der Waals surface area contributed by atoms with Gasteiger partial charge in [-0.15, -0.1) is 10.2 Å². The molecule has 0 saturated heterocycles. The van der Waals surface area contributed by atoms with Crippen LogP contribution in [0.25, 0.3) is 50.2 Å². The number of benzene rings is 4. The van der Waals surface area contributed by atoms with Crippen LogP contribution in [-0.2, 0) is 0 Å². The minimum Gasteiger partial charge on any atom is -0.312 e. The van der Waals surface area contributed by atoms with Crippen molar-refractivity contribution >= 4 is 10.8 Å². The van der Waals surface area contributed by atoms with Crippen LogP contribution in [0, 0.1) is 6.92 Å². The van der Waals surface area contributed by atoms with Crippen molar-refractivity contribution in [1.29, 1.82) is 0 Å². The number of hydrogen-bond donors (Lipinski definition) is 0. The fourth-order valence-electron chi connectivity index (χ4n) is 4.78. The molecule has 0 atom stereocenters. The molecule has 0 spiro atoms. The lowest BCUT2D eigenvalue weighted by Crippen LogP contribution is -1.99. The zero-order valence-electron chi connectivity index (χ0n) is 18.9. The van der Waals surface area contributed by atoms with Gasteiger partial charge in [0.25, 0.3) is 0 Å². The summed E-state index contributed by atoms with van der Waals surface area (Å²) in [6.07, 6.45) is 0. The molecule has 0 radical (unpaired) electrons. The van der Waals surface area contributed by atoms with E-state index in [-0.39, 0.29) is 0 Å². The summed E-state index contributed by atoms with van der Waals surface area (Å²) in [6.45, 7) is 2.19. The van der Waals surface area contributed by atoms with Gasteiger partial charge in [-0.2, -0.15) is 0 Å². The molecule has 0 aliphatic heterocycles. The number of para-hydroxylation sites is 1. The molecule has 0 fully saturated rings. The Balaban J connectivity index is 1.82. The van der Waals surface area contributed by atoms with E-state index in [2.05, 4.69) is 121 Å². The molecule has 0 saturated carbocycles. The Bertz CT molecular complexity index is 1570. The highest BCUT2D eigenvalue weighted by atomic mass is 15.1. The molecular weight excluding hydrogens is 414 g/mol. The summed E-state index contributed by atoms with van der Waals surface area (Å²) < 4.78 is 2.35. The van der Waals surface area contributed by atoms with Crippen LogP contribution in [-0.4, -0.2) is 14.8 Å². The minimum atomic E-state index is 0.895. The third kappa shape index (κ3) is 3.30. The van der Waals surface area contributed by atoms with Gasteiger partial charge in [0.15, 0.2) is 0 Å². The van der Waals surface area contributed by atoms with Crippen molar-refractivity contribution in [3.05, 3.63) is 127 Å². The standard InChI is InChI=1S/C31H23N3/c1-22-27-28(31(25-18-10-4-11-19-25)34(22)26-20-12-5-13-21-26)30(24-16-8-3-9-17-24)33-32-29(27)23-14-6-2-7-15-23/h2-21H,1H3. The van der Waals surface area contributed by atoms with Gasteiger partial charge >= 0.3 is 0 Å². The third-order valence-corrected chi connectivity index (χ3v) is 6.29. The average molecular weight is 438 g/mol. The van der Waals surface area contributed by atoms with Crippen molar-refractivity contribution in [3.8, 4) is 39.5 Å². The lowest BCUT2D eigenvalue weighted by molar-refractivity contribution is 1.03. The second kappa shape index (κ2) is 8.45. The van der Waals surface area contributed by atoms with E-state index in [9.17, 15) is 0 Å². The van der Waals surface area contributed by atoms with Crippen molar-refractivity contribution in [2.45, 2.75) is 6.92 Å². The number of aromatic nitrogens is 3. The smallest absolute Gasteiger partial charge is 0.103 e. The molecule has 0 aliphatic rings. The maximum atomic E-state index is 4.82. The molecular formula is C31H23N3. The van der Waals surface area contributed by atoms with Gasteiger partial charge in [0.05, 0.1) is 5.69 Å². The molecule has 3 heteroatoms. The molecule has 162 valence electrons. The van der Waals surface area contributed by atoms with E-state index in [0.29, 0.717) is 0 Å². The summed E-state index contributed by atoms with van der Waals surface area (Å²) >= 11 is 0. The van der Waals surface area contributed by atoms with Gasteiger partial charge in [-0.25, -0.2) is 0 Å². The van der Waals surface area contributed by atoms with Gasteiger partial charge in [0.1, 0.15) is 11.4 Å². The van der Waals surface area contributed by atoms with Crippen LogP contribution in [0.15, 0.2) is 121 Å². The maximum Gasteiger partial charge on any atom is 0.103 e.